The minimum Gasteiger partial charge on any atom is -0.339 e. The van der Waals surface area contributed by atoms with E-state index in [1.54, 1.807) is 17.2 Å². The third-order valence-electron chi connectivity index (χ3n) is 2.73. The Labute approximate surface area is 106 Å². The number of para-hydroxylation sites is 1. The first-order valence-corrected chi connectivity index (χ1v) is 5.87. The minimum absolute atomic E-state index is 0.00588. The number of rotatable bonds is 1. The number of carbonyl (C=O) groups is 1. The number of benzene rings is 1. The summed E-state index contributed by atoms with van der Waals surface area (Å²) < 4.78 is 0. The zero-order valence-corrected chi connectivity index (χ0v) is 10.7. The molecule has 1 aromatic rings. The lowest BCUT2D eigenvalue weighted by Gasteiger charge is -2.24. The molecule has 3 nitrogen and oxygen atoms in total. The number of hydrogen-bond acceptors (Lipinski definition) is 2. The van der Waals surface area contributed by atoms with Crippen molar-refractivity contribution in [2.75, 3.05) is 4.90 Å². The molecule has 1 amide bonds. The highest BCUT2D eigenvalue weighted by molar-refractivity contribution is 7.80. The first-order valence-electron chi connectivity index (χ1n) is 5.46. The smallest absolute Gasteiger partial charge is 0.237 e. The third kappa shape index (κ3) is 2.22. The summed E-state index contributed by atoms with van der Waals surface area (Å²) in [5.74, 6) is -0.00588. The van der Waals surface area contributed by atoms with E-state index in [1.165, 1.54) is 0 Å². The number of thiocarbonyl (C=S) groups is 1. The Hall–Kier alpha value is -1.68. The van der Waals surface area contributed by atoms with Crippen molar-refractivity contribution in [1.29, 1.82) is 0 Å². The maximum Gasteiger partial charge on any atom is 0.237 e. The molecule has 0 saturated heterocycles. The second-order valence-corrected chi connectivity index (χ2v) is 4.41. The van der Waals surface area contributed by atoms with E-state index in [9.17, 15) is 4.79 Å². The first kappa shape index (κ1) is 11.8. The monoisotopic (exact) mass is 246 g/mol. The fourth-order valence-electron chi connectivity index (χ4n) is 1.94. The molecule has 17 heavy (non-hydrogen) atoms. The van der Waals surface area contributed by atoms with E-state index >= 15 is 0 Å². The standard InChI is InChI=1S/C13H14N2OS/c1-9-5-3-6-10(2)12(9)15-11(16)7-4-8-14-13(15)17/h3-6,8H,7H2,1-2H3,(H,14,17). The van der Waals surface area contributed by atoms with E-state index in [1.807, 2.05) is 32.0 Å². The zero-order valence-electron chi connectivity index (χ0n) is 9.86. The van der Waals surface area contributed by atoms with Crippen LogP contribution in [-0.2, 0) is 4.79 Å². The largest absolute Gasteiger partial charge is 0.339 e. The lowest BCUT2D eigenvalue weighted by molar-refractivity contribution is -0.116. The van der Waals surface area contributed by atoms with E-state index in [0.29, 0.717) is 11.5 Å². The lowest BCUT2D eigenvalue weighted by Crippen LogP contribution is -2.41. The van der Waals surface area contributed by atoms with Crippen molar-refractivity contribution in [2.24, 2.45) is 0 Å². The summed E-state index contributed by atoms with van der Waals surface area (Å²) in [5.41, 5.74) is 2.98. The molecular weight excluding hydrogens is 232 g/mol. The van der Waals surface area contributed by atoms with Crippen LogP contribution in [0.5, 0.6) is 0 Å². The summed E-state index contributed by atoms with van der Waals surface area (Å²) in [5, 5.41) is 3.37. The molecule has 0 spiro atoms. The van der Waals surface area contributed by atoms with Gasteiger partial charge in [0.2, 0.25) is 5.91 Å². The zero-order chi connectivity index (χ0) is 12.4. The summed E-state index contributed by atoms with van der Waals surface area (Å²) in [7, 11) is 0. The van der Waals surface area contributed by atoms with Gasteiger partial charge in [0.15, 0.2) is 5.11 Å². The lowest BCUT2D eigenvalue weighted by atomic mass is 10.1. The number of nitrogens with one attached hydrogen (secondary N) is 1. The van der Waals surface area contributed by atoms with E-state index in [0.717, 1.165) is 16.8 Å². The Morgan fingerprint density at radius 2 is 1.94 bits per heavy atom. The molecule has 1 aliphatic heterocycles. The van der Waals surface area contributed by atoms with Gasteiger partial charge in [0, 0.05) is 6.42 Å². The molecule has 2 rings (SSSR count). The molecule has 4 heteroatoms. The molecule has 0 unspecified atom stereocenters. The van der Waals surface area contributed by atoms with E-state index in [4.69, 9.17) is 12.2 Å². The Morgan fingerprint density at radius 1 is 1.29 bits per heavy atom. The predicted molar refractivity (Wildman–Crippen MR) is 72.9 cm³/mol. The molecular formula is C13H14N2OS. The highest BCUT2D eigenvalue weighted by atomic mass is 32.1. The van der Waals surface area contributed by atoms with Crippen LogP contribution in [0.2, 0.25) is 0 Å². The molecule has 0 aliphatic carbocycles. The second-order valence-electron chi connectivity index (χ2n) is 4.03. The van der Waals surface area contributed by atoms with Crippen molar-refractivity contribution in [2.45, 2.75) is 20.3 Å². The maximum atomic E-state index is 12.1. The summed E-state index contributed by atoms with van der Waals surface area (Å²) in [6.07, 6.45) is 3.86. The van der Waals surface area contributed by atoms with Gasteiger partial charge < -0.3 is 5.32 Å². The number of nitrogens with zero attached hydrogens (tertiary/aromatic N) is 1. The summed E-state index contributed by atoms with van der Waals surface area (Å²) in [6, 6.07) is 5.94. The van der Waals surface area contributed by atoms with Gasteiger partial charge in [-0.1, -0.05) is 24.3 Å². The number of hydrogen-bond donors (Lipinski definition) is 1. The van der Waals surface area contributed by atoms with Gasteiger partial charge >= 0.3 is 0 Å². The topological polar surface area (TPSA) is 32.3 Å². The molecule has 1 N–H and O–H groups in total. The molecule has 0 bridgehead atoms. The second kappa shape index (κ2) is 4.67. The van der Waals surface area contributed by atoms with Crippen molar-refractivity contribution in [3.05, 3.63) is 41.6 Å². The van der Waals surface area contributed by atoms with Gasteiger partial charge in [0.05, 0.1) is 5.69 Å². The van der Waals surface area contributed by atoms with Crippen molar-refractivity contribution < 1.29 is 4.79 Å². The van der Waals surface area contributed by atoms with Crippen LogP contribution in [0.15, 0.2) is 30.5 Å². The fourth-order valence-corrected chi connectivity index (χ4v) is 2.20. The number of amides is 1. The Bertz CT molecular complexity index is 468. The SMILES string of the molecule is Cc1cccc(C)c1N1C(=O)CC=CNC1=S. The summed E-state index contributed by atoms with van der Waals surface area (Å²) >= 11 is 5.23. The van der Waals surface area contributed by atoms with Crippen LogP contribution in [0.1, 0.15) is 17.5 Å². The maximum absolute atomic E-state index is 12.1. The van der Waals surface area contributed by atoms with Crippen LogP contribution in [0.3, 0.4) is 0 Å². The molecule has 0 fully saturated rings. The normalized spacial score (nSPS) is 15.8. The van der Waals surface area contributed by atoms with Gasteiger partial charge in [-0.05, 0) is 43.4 Å². The van der Waals surface area contributed by atoms with E-state index in [2.05, 4.69) is 5.32 Å². The van der Waals surface area contributed by atoms with Gasteiger partial charge in [0.1, 0.15) is 0 Å². The molecule has 1 aromatic carbocycles. The Balaban J connectivity index is 2.51. The molecule has 0 atom stereocenters. The van der Waals surface area contributed by atoms with Crippen LogP contribution in [0.4, 0.5) is 5.69 Å². The van der Waals surface area contributed by atoms with E-state index < -0.39 is 0 Å². The number of anilines is 1. The van der Waals surface area contributed by atoms with Crippen LogP contribution in [0.25, 0.3) is 0 Å². The van der Waals surface area contributed by atoms with Crippen LogP contribution >= 0.6 is 12.2 Å². The van der Waals surface area contributed by atoms with Crippen LogP contribution in [-0.4, -0.2) is 11.0 Å². The molecule has 1 aliphatic rings. The van der Waals surface area contributed by atoms with Gasteiger partial charge in [-0.25, -0.2) is 0 Å². The average Bonchev–Trinajstić information content (AvgIpc) is 2.43. The van der Waals surface area contributed by atoms with Crippen molar-refractivity contribution in [1.82, 2.24) is 5.32 Å². The predicted octanol–water partition coefficient (Wildman–Crippen LogP) is 2.43. The number of carbonyl (C=O) groups excluding carboxylic acids is 1. The quantitative estimate of drug-likeness (QED) is 0.772. The highest BCUT2D eigenvalue weighted by Crippen LogP contribution is 2.26. The van der Waals surface area contributed by atoms with Crippen molar-refractivity contribution in [3.8, 4) is 0 Å². The summed E-state index contributed by atoms with van der Waals surface area (Å²) in [4.78, 5) is 13.7. The molecule has 88 valence electrons. The van der Waals surface area contributed by atoms with Gasteiger partial charge in [0.25, 0.3) is 0 Å². The Kier molecular flexibility index (Phi) is 3.24. The van der Waals surface area contributed by atoms with Crippen molar-refractivity contribution in [3.63, 3.8) is 0 Å². The first-order chi connectivity index (χ1) is 8.11. The molecule has 0 aromatic heterocycles. The highest BCUT2D eigenvalue weighted by Gasteiger charge is 2.23. The van der Waals surface area contributed by atoms with Gasteiger partial charge in [-0.3, -0.25) is 9.69 Å². The molecule has 0 radical (unpaired) electrons. The number of aryl methyl sites for hydroxylation is 2. The van der Waals surface area contributed by atoms with Crippen LogP contribution < -0.4 is 10.2 Å². The minimum atomic E-state index is -0.00588. The fraction of sp³-hybridized carbons (Fsp3) is 0.231. The van der Waals surface area contributed by atoms with Crippen molar-refractivity contribution >= 4 is 28.9 Å². The molecule has 0 saturated carbocycles. The summed E-state index contributed by atoms with van der Waals surface area (Å²) in [6.45, 7) is 3.97. The average molecular weight is 246 g/mol. The Morgan fingerprint density at radius 3 is 2.59 bits per heavy atom. The van der Waals surface area contributed by atoms with Gasteiger partial charge in [-0.2, -0.15) is 0 Å². The van der Waals surface area contributed by atoms with Gasteiger partial charge in [-0.15, -0.1) is 0 Å². The van der Waals surface area contributed by atoms with E-state index in [-0.39, 0.29) is 5.91 Å². The molecule has 1 heterocycles. The third-order valence-corrected chi connectivity index (χ3v) is 3.03. The van der Waals surface area contributed by atoms with Crippen LogP contribution in [0, 0.1) is 13.8 Å².